The molecule has 4 heteroatoms. The third-order valence-corrected chi connectivity index (χ3v) is 4.73. The largest absolute Gasteiger partial charge is 0.356 e. The summed E-state index contributed by atoms with van der Waals surface area (Å²) in [5.41, 5.74) is 1.04. The number of aliphatic hydroxyl groups excluding tert-OH is 1. The minimum absolute atomic E-state index is 0.325. The van der Waals surface area contributed by atoms with E-state index in [4.69, 9.17) is 4.74 Å². The Bertz CT molecular complexity index is 425. The van der Waals surface area contributed by atoms with Crippen LogP contribution in [0, 0.1) is 0 Å². The van der Waals surface area contributed by atoms with Gasteiger partial charge in [0, 0.05) is 31.7 Å². The molecule has 0 aliphatic carbocycles. The molecule has 2 rings (SSSR count). The number of aliphatic hydroxyl groups is 1. The van der Waals surface area contributed by atoms with Crippen molar-refractivity contribution in [1.29, 1.82) is 0 Å². The van der Waals surface area contributed by atoms with E-state index in [0.717, 1.165) is 32.5 Å². The summed E-state index contributed by atoms with van der Waals surface area (Å²) in [5, 5.41) is 10.6. The third-order valence-electron chi connectivity index (χ3n) is 4.73. The topological polar surface area (TPSA) is 35.9 Å². The van der Waals surface area contributed by atoms with Crippen LogP contribution in [0.15, 0.2) is 23.8 Å². The molecule has 4 nitrogen and oxygen atoms in total. The molecule has 0 radical (unpaired) electrons. The van der Waals surface area contributed by atoms with Gasteiger partial charge >= 0.3 is 0 Å². The number of hydrogen-bond donors (Lipinski definition) is 1. The molecule has 0 aromatic rings. The smallest absolute Gasteiger partial charge is 0.217 e. The summed E-state index contributed by atoms with van der Waals surface area (Å²) in [6.07, 6.45) is 9.25. The molecule has 2 bridgehead atoms. The van der Waals surface area contributed by atoms with Crippen molar-refractivity contribution < 1.29 is 9.84 Å². The second-order valence-corrected chi connectivity index (χ2v) is 7.80. The van der Waals surface area contributed by atoms with Crippen LogP contribution < -0.4 is 0 Å². The van der Waals surface area contributed by atoms with Gasteiger partial charge in [0.15, 0.2) is 0 Å². The SMILES string of the molecule is CC=CC(=CC)CN1CC2CCCC(C1)N2C(O)OC(C)(C)C. The highest BCUT2D eigenvalue weighted by molar-refractivity contribution is 5.19. The quantitative estimate of drug-likeness (QED) is 0.623. The molecule has 2 aliphatic rings. The molecule has 3 atom stereocenters. The number of nitrogens with zero attached hydrogens (tertiary/aromatic N) is 2. The minimum Gasteiger partial charge on any atom is -0.356 e. The van der Waals surface area contributed by atoms with Crippen LogP contribution in [0.5, 0.6) is 0 Å². The van der Waals surface area contributed by atoms with Crippen molar-refractivity contribution >= 4 is 0 Å². The van der Waals surface area contributed by atoms with Crippen LogP contribution in [0.1, 0.15) is 53.9 Å². The molecule has 0 spiro atoms. The fourth-order valence-corrected chi connectivity index (χ4v) is 3.81. The summed E-state index contributed by atoms with van der Waals surface area (Å²) >= 11 is 0. The molecule has 0 aromatic heterocycles. The van der Waals surface area contributed by atoms with Crippen molar-refractivity contribution in [3.05, 3.63) is 23.8 Å². The maximum atomic E-state index is 10.6. The fourth-order valence-electron chi connectivity index (χ4n) is 3.81. The van der Waals surface area contributed by atoms with E-state index in [1.54, 1.807) is 0 Å². The average Bonchev–Trinajstić information content (AvgIpc) is 2.43. The van der Waals surface area contributed by atoms with Gasteiger partial charge in [0.25, 0.3) is 0 Å². The number of allylic oxidation sites excluding steroid dienone is 2. The van der Waals surface area contributed by atoms with Gasteiger partial charge in [-0.15, -0.1) is 0 Å². The molecule has 23 heavy (non-hydrogen) atoms. The number of rotatable bonds is 5. The van der Waals surface area contributed by atoms with Crippen LogP contribution in [0.4, 0.5) is 0 Å². The molecule has 2 aliphatic heterocycles. The molecular formula is C19H34N2O2. The predicted molar refractivity (Wildman–Crippen MR) is 95.1 cm³/mol. The van der Waals surface area contributed by atoms with Crippen molar-refractivity contribution in [1.82, 2.24) is 9.80 Å². The zero-order chi connectivity index (χ0) is 17.0. The van der Waals surface area contributed by atoms with Crippen molar-refractivity contribution in [2.24, 2.45) is 0 Å². The van der Waals surface area contributed by atoms with E-state index in [1.807, 2.05) is 20.8 Å². The van der Waals surface area contributed by atoms with Crippen molar-refractivity contribution in [3.8, 4) is 0 Å². The van der Waals surface area contributed by atoms with Crippen molar-refractivity contribution in [2.45, 2.75) is 78.0 Å². The molecule has 2 saturated heterocycles. The van der Waals surface area contributed by atoms with Gasteiger partial charge in [-0.3, -0.25) is 4.90 Å². The van der Waals surface area contributed by atoms with Crippen LogP contribution in [0.3, 0.4) is 0 Å². The Labute approximate surface area is 141 Å². The second-order valence-electron chi connectivity index (χ2n) is 7.80. The monoisotopic (exact) mass is 322 g/mol. The molecule has 0 amide bonds. The highest BCUT2D eigenvalue weighted by Crippen LogP contribution is 2.31. The second kappa shape index (κ2) is 7.93. The first-order valence-corrected chi connectivity index (χ1v) is 8.97. The van der Waals surface area contributed by atoms with Crippen molar-refractivity contribution in [3.63, 3.8) is 0 Å². The van der Waals surface area contributed by atoms with E-state index >= 15 is 0 Å². The Kier molecular flexibility index (Phi) is 6.43. The Morgan fingerprint density at radius 3 is 2.30 bits per heavy atom. The molecule has 0 aromatic carbocycles. The van der Waals surface area contributed by atoms with Crippen LogP contribution in [-0.4, -0.2) is 58.6 Å². The third kappa shape index (κ3) is 5.15. The van der Waals surface area contributed by atoms with Gasteiger partial charge in [0.2, 0.25) is 6.41 Å². The molecule has 2 fully saturated rings. The lowest BCUT2D eigenvalue weighted by atomic mass is 9.91. The average molecular weight is 322 g/mol. The van der Waals surface area contributed by atoms with Gasteiger partial charge in [-0.2, -0.15) is 0 Å². The van der Waals surface area contributed by atoms with E-state index < -0.39 is 6.41 Å². The maximum absolute atomic E-state index is 10.6. The number of piperidine rings is 1. The van der Waals surface area contributed by atoms with Crippen LogP contribution in [0.25, 0.3) is 0 Å². The lowest BCUT2D eigenvalue weighted by Gasteiger charge is -2.52. The standard InChI is InChI=1S/C19H34N2O2/c1-6-9-15(7-2)12-20-13-16-10-8-11-17(14-20)21(16)18(22)23-19(3,4)5/h6-7,9,16-18,22H,8,10-14H2,1-5H3. The molecule has 132 valence electrons. The van der Waals surface area contributed by atoms with E-state index in [0.29, 0.717) is 12.1 Å². The highest BCUT2D eigenvalue weighted by atomic mass is 16.6. The van der Waals surface area contributed by atoms with Gasteiger partial charge in [0.1, 0.15) is 0 Å². The zero-order valence-electron chi connectivity index (χ0n) is 15.5. The summed E-state index contributed by atoms with van der Waals surface area (Å²) < 4.78 is 5.83. The summed E-state index contributed by atoms with van der Waals surface area (Å²) in [7, 11) is 0. The summed E-state index contributed by atoms with van der Waals surface area (Å²) in [6, 6.07) is 0.784. The van der Waals surface area contributed by atoms with Crippen molar-refractivity contribution in [2.75, 3.05) is 19.6 Å². The van der Waals surface area contributed by atoms with Crippen LogP contribution in [-0.2, 0) is 4.74 Å². The zero-order valence-corrected chi connectivity index (χ0v) is 15.5. The predicted octanol–water partition coefficient (Wildman–Crippen LogP) is 3.14. The Balaban J connectivity index is 2.03. The molecule has 0 saturated carbocycles. The Morgan fingerprint density at radius 1 is 1.22 bits per heavy atom. The molecule has 1 N–H and O–H groups in total. The van der Waals surface area contributed by atoms with Gasteiger partial charge in [-0.1, -0.05) is 24.6 Å². The van der Waals surface area contributed by atoms with E-state index in [1.165, 1.54) is 12.0 Å². The van der Waals surface area contributed by atoms with E-state index in [9.17, 15) is 5.11 Å². The highest BCUT2D eigenvalue weighted by Gasteiger charge is 2.41. The van der Waals surface area contributed by atoms with E-state index in [2.05, 4.69) is 41.9 Å². The minimum atomic E-state index is -0.788. The Hall–Kier alpha value is -0.680. The number of likely N-dealkylation sites (tertiary alicyclic amines) is 1. The van der Waals surface area contributed by atoms with Gasteiger partial charge in [-0.05, 0) is 53.0 Å². The van der Waals surface area contributed by atoms with Gasteiger partial charge in [-0.25, -0.2) is 4.90 Å². The Morgan fingerprint density at radius 2 is 1.83 bits per heavy atom. The number of hydrogen-bond acceptors (Lipinski definition) is 4. The first-order chi connectivity index (χ1) is 10.8. The maximum Gasteiger partial charge on any atom is 0.217 e. The molecule has 3 unspecified atom stereocenters. The lowest BCUT2D eigenvalue weighted by molar-refractivity contribution is -0.272. The van der Waals surface area contributed by atoms with Gasteiger partial charge < -0.3 is 9.84 Å². The summed E-state index contributed by atoms with van der Waals surface area (Å²) in [4.78, 5) is 4.75. The van der Waals surface area contributed by atoms with Crippen LogP contribution >= 0.6 is 0 Å². The molecular weight excluding hydrogens is 288 g/mol. The lowest BCUT2D eigenvalue weighted by Crippen LogP contribution is -2.64. The first kappa shape index (κ1) is 18.7. The summed E-state index contributed by atoms with van der Waals surface area (Å²) in [6.45, 7) is 13.2. The van der Waals surface area contributed by atoms with E-state index in [-0.39, 0.29) is 5.60 Å². The number of fused-ring (bicyclic) bond motifs is 2. The number of ether oxygens (including phenoxy) is 1. The van der Waals surface area contributed by atoms with Crippen LogP contribution in [0.2, 0.25) is 0 Å². The summed E-state index contributed by atoms with van der Waals surface area (Å²) in [5.74, 6) is 0. The van der Waals surface area contributed by atoms with Gasteiger partial charge in [0.05, 0.1) is 5.60 Å². The fraction of sp³-hybridized carbons (Fsp3) is 0.789. The molecule has 2 heterocycles. The number of piperazine rings is 1. The normalized spacial score (nSPS) is 29.2. The first-order valence-electron chi connectivity index (χ1n) is 8.97.